The lowest BCUT2D eigenvalue weighted by Gasteiger charge is -2.15. The van der Waals surface area contributed by atoms with Crippen LogP contribution in [0.25, 0.3) is 10.8 Å². The molecule has 20 heavy (non-hydrogen) atoms. The molecule has 3 heteroatoms. The molecule has 0 bridgehead atoms. The topological polar surface area (TPSA) is 49.7 Å². The Morgan fingerprint density at radius 1 is 0.950 bits per heavy atom. The lowest BCUT2D eigenvalue weighted by Crippen LogP contribution is -1.95. The number of phenols is 2. The Morgan fingerprint density at radius 2 is 1.60 bits per heavy atom. The summed E-state index contributed by atoms with van der Waals surface area (Å²) in [6.07, 6.45) is 5.17. The molecule has 2 aromatic carbocycles. The first-order valence-electron chi connectivity index (χ1n) is 7.20. The number of unbranched alkanes of at least 4 members (excludes halogenated alkanes) is 3. The number of aromatic hydroxyl groups is 2. The predicted octanol–water partition coefficient (Wildman–Crippen LogP) is 4.38. The highest BCUT2D eigenvalue weighted by molar-refractivity contribution is 5.96. The summed E-state index contributed by atoms with van der Waals surface area (Å²) in [5.41, 5.74) is 0.708. The minimum atomic E-state index is 0.117. The molecule has 0 aromatic heterocycles. The summed E-state index contributed by atoms with van der Waals surface area (Å²) in [5.74, 6) is 0.746. The third-order valence-electron chi connectivity index (χ3n) is 3.70. The van der Waals surface area contributed by atoms with Gasteiger partial charge in [-0.25, -0.2) is 0 Å². The molecule has 2 rings (SSSR count). The minimum Gasteiger partial charge on any atom is -0.507 e. The van der Waals surface area contributed by atoms with E-state index < -0.39 is 0 Å². The third-order valence-corrected chi connectivity index (χ3v) is 3.70. The lowest BCUT2D eigenvalue weighted by molar-refractivity contribution is 0.366. The van der Waals surface area contributed by atoms with Gasteiger partial charge in [0.05, 0.1) is 7.11 Å². The zero-order valence-corrected chi connectivity index (χ0v) is 12.1. The van der Waals surface area contributed by atoms with Crippen molar-refractivity contribution in [1.82, 2.24) is 0 Å². The van der Waals surface area contributed by atoms with Gasteiger partial charge in [0.2, 0.25) is 0 Å². The fourth-order valence-corrected chi connectivity index (χ4v) is 2.61. The fraction of sp³-hybridized carbons (Fsp3) is 0.412. The van der Waals surface area contributed by atoms with Crippen molar-refractivity contribution in [3.05, 3.63) is 29.8 Å². The summed E-state index contributed by atoms with van der Waals surface area (Å²) < 4.78 is 5.31. The Morgan fingerprint density at radius 3 is 2.20 bits per heavy atom. The SMILES string of the molecule is CCCCCCc1c(OC)c(O)c2ccccc2c1O. The molecule has 0 heterocycles. The molecular formula is C17H22O3. The number of rotatable bonds is 6. The molecule has 0 saturated heterocycles. The van der Waals surface area contributed by atoms with Crippen molar-refractivity contribution in [3.8, 4) is 17.2 Å². The summed E-state index contributed by atoms with van der Waals surface area (Å²) in [7, 11) is 1.53. The average molecular weight is 274 g/mol. The van der Waals surface area contributed by atoms with Crippen LogP contribution >= 0.6 is 0 Å². The van der Waals surface area contributed by atoms with Crippen LogP contribution < -0.4 is 4.74 Å². The largest absolute Gasteiger partial charge is 0.507 e. The van der Waals surface area contributed by atoms with Crippen LogP contribution in [0.5, 0.6) is 17.2 Å². The maximum Gasteiger partial charge on any atom is 0.168 e. The van der Waals surface area contributed by atoms with Gasteiger partial charge in [-0.2, -0.15) is 0 Å². The molecule has 0 aliphatic heterocycles. The van der Waals surface area contributed by atoms with Gasteiger partial charge in [-0.3, -0.25) is 0 Å². The van der Waals surface area contributed by atoms with Gasteiger partial charge in [-0.1, -0.05) is 50.5 Å². The molecule has 0 unspecified atom stereocenters. The van der Waals surface area contributed by atoms with Gasteiger partial charge < -0.3 is 14.9 Å². The molecule has 108 valence electrons. The van der Waals surface area contributed by atoms with E-state index in [1.54, 1.807) is 6.07 Å². The molecule has 0 aliphatic carbocycles. The Labute approximate surface area is 119 Å². The van der Waals surface area contributed by atoms with Gasteiger partial charge in [0.25, 0.3) is 0 Å². The van der Waals surface area contributed by atoms with E-state index in [1.807, 2.05) is 18.2 Å². The zero-order valence-electron chi connectivity index (χ0n) is 12.1. The van der Waals surface area contributed by atoms with Gasteiger partial charge in [0, 0.05) is 16.3 Å². The second kappa shape index (κ2) is 6.51. The van der Waals surface area contributed by atoms with Crippen molar-refractivity contribution in [2.45, 2.75) is 39.0 Å². The number of phenolic OH excluding ortho intramolecular Hbond substituents is 2. The number of hydrogen-bond donors (Lipinski definition) is 2. The van der Waals surface area contributed by atoms with E-state index in [1.165, 1.54) is 20.0 Å². The summed E-state index contributed by atoms with van der Waals surface area (Å²) >= 11 is 0. The number of methoxy groups -OCH3 is 1. The quantitative estimate of drug-likeness (QED) is 0.607. The van der Waals surface area contributed by atoms with Crippen molar-refractivity contribution in [2.24, 2.45) is 0 Å². The first-order valence-corrected chi connectivity index (χ1v) is 7.20. The van der Waals surface area contributed by atoms with Crippen LogP contribution in [-0.2, 0) is 6.42 Å². The van der Waals surface area contributed by atoms with Crippen molar-refractivity contribution in [3.63, 3.8) is 0 Å². The predicted molar refractivity (Wildman–Crippen MR) is 81.7 cm³/mol. The number of fused-ring (bicyclic) bond motifs is 1. The summed E-state index contributed by atoms with van der Waals surface area (Å²) in [4.78, 5) is 0. The number of hydrogen-bond acceptors (Lipinski definition) is 3. The van der Waals surface area contributed by atoms with Crippen LogP contribution in [0, 0.1) is 0 Å². The van der Waals surface area contributed by atoms with E-state index in [-0.39, 0.29) is 11.5 Å². The Hall–Kier alpha value is -1.90. The minimum absolute atomic E-state index is 0.117. The fourth-order valence-electron chi connectivity index (χ4n) is 2.61. The van der Waals surface area contributed by atoms with Crippen LogP contribution in [0.3, 0.4) is 0 Å². The van der Waals surface area contributed by atoms with Gasteiger partial charge in [-0.15, -0.1) is 0 Å². The van der Waals surface area contributed by atoms with Crippen molar-refractivity contribution >= 4 is 10.8 Å². The van der Waals surface area contributed by atoms with Gasteiger partial charge in [0.15, 0.2) is 11.5 Å². The highest BCUT2D eigenvalue weighted by Gasteiger charge is 2.18. The van der Waals surface area contributed by atoms with Crippen LogP contribution in [0.1, 0.15) is 38.2 Å². The van der Waals surface area contributed by atoms with E-state index in [0.717, 1.165) is 12.8 Å². The van der Waals surface area contributed by atoms with Crippen LogP contribution in [0.15, 0.2) is 24.3 Å². The highest BCUT2D eigenvalue weighted by Crippen LogP contribution is 2.45. The van der Waals surface area contributed by atoms with E-state index >= 15 is 0 Å². The first kappa shape index (κ1) is 14.5. The van der Waals surface area contributed by atoms with Crippen LogP contribution in [-0.4, -0.2) is 17.3 Å². The number of benzene rings is 2. The van der Waals surface area contributed by atoms with Gasteiger partial charge >= 0.3 is 0 Å². The van der Waals surface area contributed by atoms with E-state index in [9.17, 15) is 10.2 Å². The van der Waals surface area contributed by atoms with E-state index in [4.69, 9.17) is 4.74 Å². The van der Waals surface area contributed by atoms with Crippen LogP contribution in [0.4, 0.5) is 0 Å². The molecule has 0 radical (unpaired) electrons. The highest BCUT2D eigenvalue weighted by atomic mass is 16.5. The second-order valence-corrected chi connectivity index (χ2v) is 5.07. The second-order valence-electron chi connectivity index (χ2n) is 5.07. The maximum absolute atomic E-state index is 10.5. The number of ether oxygens (including phenoxy) is 1. The molecule has 3 nitrogen and oxygen atoms in total. The van der Waals surface area contributed by atoms with E-state index in [2.05, 4.69) is 6.92 Å². The maximum atomic E-state index is 10.5. The molecule has 0 atom stereocenters. The average Bonchev–Trinajstić information content (AvgIpc) is 2.48. The Kier molecular flexibility index (Phi) is 4.72. The van der Waals surface area contributed by atoms with Crippen molar-refractivity contribution < 1.29 is 14.9 Å². The van der Waals surface area contributed by atoms with Crippen LogP contribution in [0.2, 0.25) is 0 Å². The molecule has 0 spiro atoms. The zero-order chi connectivity index (χ0) is 14.5. The molecule has 0 aliphatic rings. The first-order chi connectivity index (χ1) is 9.70. The standard InChI is InChI=1S/C17H22O3/c1-3-4-5-6-11-14-15(18)12-9-7-8-10-13(12)16(19)17(14)20-2/h7-10,18-19H,3-6,11H2,1-2H3. The van der Waals surface area contributed by atoms with Gasteiger partial charge in [-0.05, 0) is 12.8 Å². The third kappa shape index (κ3) is 2.67. The Balaban J connectivity index is 2.43. The lowest BCUT2D eigenvalue weighted by atomic mass is 9.98. The smallest absolute Gasteiger partial charge is 0.168 e. The molecule has 2 aromatic rings. The van der Waals surface area contributed by atoms with Crippen molar-refractivity contribution in [1.29, 1.82) is 0 Å². The normalized spacial score (nSPS) is 10.9. The molecule has 0 amide bonds. The van der Waals surface area contributed by atoms with E-state index in [0.29, 0.717) is 28.5 Å². The Bertz CT molecular complexity index is 590. The molecule has 0 fully saturated rings. The molecular weight excluding hydrogens is 252 g/mol. The van der Waals surface area contributed by atoms with Gasteiger partial charge in [0.1, 0.15) is 5.75 Å². The monoisotopic (exact) mass is 274 g/mol. The summed E-state index contributed by atoms with van der Waals surface area (Å²) in [6, 6.07) is 7.30. The summed E-state index contributed by atoms with van der Waals surface area (Å²) in [5, 5.41) is 22.1. The van der Waals surface area contributed by atoms with Crippen molar-refractivity contribution in [2.75, 3.05) is 7.11 Å². The summed E-state index contributed by atoms with van der Waals surface area (Å²) in [6.45, 7) is 2.17. The molecule has 0 saturated carbocycles. The molecule has 2 N–H and O–H groups in total.